The zero-order valence-corrected chi connectivity index (χ0v) is 9.33. The van der Waals surface area contributed by atoms with Crippen LogP contribution in [0.4, 0.5) is 0 Å². The van der Waals surface area contributed by atoms with Gasteiger partial charge in [0, 0.05) is 6.54 Å². The molecule has 0 atom stereocenters. The van der Waals surface area contributed by atoms with Gasteiger partial charge in [-0.15, -0.1) is 0 Å². The van der Waals surface area contributed by atoms with Crippen LogP contribution in [0, 0.1) is 0 Å². The Morgan fingerprint density at radius 2 is 2.07 bits per heavy atom. The molecule has 0 saturated carbocycles. The van der Waals surface area contributed by atoms with Crippen molar-refractivity contribution in [2.75, 3.05) is 19.7 Å². The van der Waals surface area contributed by atoms with E-state index in [4.69, 9.17) is 4.74 Å². The molecule has 0 amide bonds. The number of nitrogens with one attached hydrogen (secondary N) is 1. The normalized spacial score (nSPS) is 10.2. The van der Waals surface area contributed by atoms with E-state index in [1.165, 1.54) is 5.56 Å². The Hall–Kier alpha value is -1.12. The molecule has 0 saturated heterocycles. The maximum Gasteiger partial charge on any atom is 0.0721 e. The van der Waals surface area contributed by atoms with Gasteiger partial charge in [-0.3, -0.25) is 0 Å². The highest BCUT2D eigenvalue weighted by atomic mass is 16.5. The fraction of sp³-hybridized carbons (Fsp3) is 0.385. The third-order valence-corrected chi connectivity index (χ3v) is 2.04. The van der Waals surface area contributed by atoms with Crippen molar-refractivity contribution in [1.29, 1.82) is 0 Å². The van der Waals surface area contributed by atoms with Crippen molar-refractivity contribution in [3.63, 3.8) is 0 Å². The van der Waals surface area contributed by atoms with Gasteiger partial charge in [-0.2, -0.15) is 0 Å². The van der Waals surface area contributed by atoms with Gasteiger partial charge in [0.05, 0.1) is 13.2 Å². The lowest BCUT2D eigenvalue weighted by molar-refractivity contribution is 0.141. The second kappa shape index (κ2) is 7.21. The van der Waals surface area contributed by atoms with Gasteiger partial charge in [0.25, 0.3) is 0 Å². The van der Waals surface area contributed by atoms with Gasteiger partial charge in [0.15, 0.2) is 0 Å². The molecule has 15 heavy (non-hydrogen) atoms. The summed E-state index contributed by atoms with van der Waals surface area (Å²) in [5.41, 5.74) is 2.29. The molecule has 0 aromatic heterocycles. The predicted molar refractivity (Wildman–Crippen MR) is 63.8 cm³/mol. The first kappa shape index (κ1) is 12.0. The minimum absolute atomic E-state index is 0.627. The van der Waals surface area contributed by atoms with E-state index in [1.807, 2.05) is 18.2 Å². The lowest BCUT2D eigenvalue weighted by Crippen LogP contribution is -2.17. The van der Waals surface area contributed by atoms with Crippen molar-refractivity contribution in [3.05, 3.63) is 48.0 Å². The quantitative estimate of drug-likeness (QED) is 0.690. The molecule has 1 aromatic carbocycles. The average molecular weight is 205 g/mol. The highest BCUT2D eigenvalue weighted by Gasteiger charge is 1.95. The van der Waals surface area contributed by atoms with Crippen molar-refractivity contribution < 1.29 is 4.74 Å². The van der Waals surface area contributed by atoms with E-state index in [0.29, 0.717) is 13.2 Å². The number of hydrogen-bond donors (Lipinski definition) is 1. The van der Waals surface area contributed by atoms with E-state index >= 15 is 0 Å². The smallest absolute Gasteiger partial charge is 0.0721 e. The Kier molecular flexibility index (Phi) is 5.74. The van der Waals surface area contributed by atoms with Crippen LogP contribution < -0.4 is 5.32 Å². The standard InChI is InChI=1S/C13H19NO/c1-3-14-9-12(2)10-15-11-13-7-5-4-6-8-13/h4-8,14H,2-3,9-11H2,1H3. The van der Waals surface area contributed by atoms with Gasteiger partial charge in [-0.1, -0.05) is 43.8 Å². The van der Waals surface area contributed by atoms with Crippen LogP contribution >= 0.6 is 0 Å². The average Bonchev–Trinajstić information content (AvgIpc) is 2.28. The summed E-state index contributed by atoms with van der Waals surface area (Å²) in [6.45, 7) is 9.11. The second-order valence-electron chi connectivity index (χ2n) is 3.51. The minimum atomic E-state index is 0.627. The number of likely N-dealkylation sites (N-methyl/N-ethyl adjacent to an activating group) is 1. The highest BCUT2D eigenvalue weighted by Crippen LogP contribution is 2.01. The zero-order valence-electron chi connectivity index (χ0n) is 9.33. The summed E-state index contributed by atoms with van der Waals surface area (Å²) < 4.78 is 5.54. The van der Waals surface area contributed by atoms with Gasteiger partial charge in [0.2, 0.25) is 0 Å². The molecule has 1 aromatic rings. The topological polar surface area (TPSA) is 21.3 Å². The van der Waals surface area contributed by atoms with E-state index in [0.717, 1.165) is 18.7 Å². The van der Waals surface area contributed by atoms with Crippen LogP contribution in [0.25, 0.3) is 0 Å². The molecule has 0 unspecified atom stereocenters. The number of ether oxygens (including phenoxy) is 1. The van der Waals surface area contributed by atoms with Crippen LogP contribution in [0.5, 0.6) is 0 Å². The molecule has 0 aliphatic heterocycles. The highest BCUT2D eigenvalue weighted by molar-refractivity contribution is 5.13. The van der Waals surface area contributed by atoms with Gasteiger partial charge >= 0.3 is 0 Å². The lowest BCUT2D eigenvalue weighted by atomic mass is 10.2. The maximum atomic E-state index is 5.54. The van der Waals surface area contributed by atoms with E-state index in [1.54, 1.807) is 0 Å². The first-order valence-electron chi connectivity index (χ1n) is 5.32. The zero-order chi connectivity index (χ0) is 10.9. The van der Waals surface area contributed by atoms with Gasteiger partial charge < -0.3 is 10.1 Å². The summed E-state index contributed by atoms with van der Waals surface area (Å²) in [6, 6.07) is 10.2. The van der Waals surface area contributed by atoms with Gasteiger partial charge in [-0.05, 0) is 17.7 Å². The Labute approximate surface area is 92.0 Å². The number of hydrogen-bond acceptors (Lipinski definition) is 2. The Bertz CT molecular complexity index is 282. The van der Waals surface area contributed by atoms with Crippen LogP contribution in [0.1, 0.15) is 12.5 Å². The molecular formula is C13H19NO. The molecule has 0 radical (unpaired) electrons. The minimum Gasteiger partial charge on any atom is -0.372 e. The number of benzene rings is 1. The molecule has 82 valence electrons. The fourth-order valence-electron chi connectivity index (χ4n) is 1.24. The first-order chi connectivity index (χ1) is 7.33. The van der Waals surface area contributed by atoms with Crippen molar-refractivity contribution in [2.24, 2.45) is 0 Å². The number of rotatable bonds is 7. The molecular weight excluding hydrogens is 186 g/mol. The summed E-state index contributed by atoms with van der Waals surface area (Å²) in [7, 11) is 0. The van der Waals surface area contributed by atoms with Crippen molar-refractivity contribution in [2.45, 2.75) is 13.5 Å². The Balaban J connectivity index is 2.14. The summed E-state index contributed by atoms with van der Waals surface area (Å²) >= 11 is 0. The fourth-order valence-corrected chi connectivity index (χ4v) is 1.24. The van der Waals surface area contributed by atoms with Gasteiger partial charge in [-0.25, -0.2) is 0 Å². The van der Waals surface area contributed by atoms with Crippen LogP contribution in [-0.2, 0) is 11.3 Å². The van der Waals surface area contributed by atoms with Crippen molar-refractivity contribution >= 4 is 0 Å². The Morgan fingerprint density at radius 1 is 1.33 bits per heavy atom. The van der Waals surface area contributed by atoms with E-state index < -0.39 is 0 Å². The second-order valence-corrected chi connectivity index (χ2v) is 3.51. The predicted octanol–water partition coefficient (Wildman–Crippen LogP) is 2.37. The van der Waals surface area contributed by atoms with Crippen molar-refractivity contribution in [3.8, 4) is 0 Å². The molecule has 1 N–H and O–H groups in total. The summed E-state index contributed by atoms with van der Waals surface area (Å²) in [5, 5.41) is 3.22. The van der Waals surface area contributed by atoms with Crippen LogP contribution in [-0.4, -0.2) is 19.7 Å². The molecule has 2 heteroatoms. The molecule has 0 bridgehead atoms. The van der Waals surface area contributed by atoms with Crippen LogP contribution in [0.15, 0.2) is 42.5 Å². The molecule has 0 fully saturated rings. The molecule has 0 heterocycles. The van der Waals surface area contributed by atoms with E-state index in [9.17, 15) is 0 Å². The first-order valence-corrected chi connectivity index (χ1v) is 5.32. The summed E-state index contributed by atoms with van der Waals surface area (Å²) in [6.07, 6.45) is 0. The molecule has 0 aliphatic rings. The third kappa shape index (κ3) is 5.35. The SMILES string of the molecule is C=C(CNCC)COCc1ccccc1. The lowest BCUT2D eigenvalue weighted by Gasteiger charge is -2.07. The van der Waals surface area contributed by atoms with Crippen LogP contribution in [0.2, 0.25) is 0 Å². The van der Waals surface area contributed by atoms with E-state index in [-0.39, 0.29) is 0 Å². The van der Waals surface area contributed by atoms with E-state index in [2.05, 4.69) is 31.0 Å². The molecule has 2 nitrogen and oxygen atoms in total. The molecule has 0 spiro atoms. The van der Waals surface area contributed by atoms with Crippen molar-refractivity contribution in [1.82, 2.24) is 5.32 Å². The molecule has 1 rings (SSSR count). The summed E-state index contributed by atoms with van der Waals surface area (Å²) in [4.78, 5) is 0. The van der Waals surface area contributed by atoms with Gasteiger partial charge in [0.1, 0.15) is 0 Å². The third-order valence-electron chi connectivity index (χ3n) is 2.04. The molecule has 0 aliphatic carbocycles. The van der Waals surface area contributed by atoms with Crippen LogP contribution in [0.3, 0.4) is 0 Å². The monoisotopic (exact) mass is 205 g/mol. The maximum absolute atomic E-state index is 5.54. The summed E-state index contributed by atoms with van der Waals surface area (Å²) in [5.74, 6) is 0. The largest absolute Gasteiger partial charge is 0.372 e. The Morgan fingerprint density at radius 3 is 2.73 bits per heavy atom.